The van der Waals surface area contributed by atoms with E-state index in [4.69, 9.17) is 0 Å². The van der Waals surface area contributed by atoms with Crippen LogP contribution in [0.1, 0.15) is 30.4 Å². The Balaban J connectivity index is 2.28. The molecule has 1 nitrogen and oxygen atoms in total. The third-order valence-corrected chi connectivity index (χ3v) is 3.77. The van der Waals surface area contributed by atoms with Crippen LogP contribution in [0.4, 0.5) is 8.78 Å². The molecule has 1 saturated heterocycles. The van der Waals surface area contributed by atoms with Crippen LogP contribution in [0, 0.1) is 6.92 Å². The zero-order valence-electron chi connectivity index (χ0n) is 10.2. The Labute approximate surface area is 101 Å². The summed E-state index contributed by atoms with van der Waals surface area (Å²) in [6.45, 7) is 3.69. The van der Waals surface area contributed by atoms with E-state index >= 15 is 0 Å². The Bertz CT molecular complexity index is 353. The molecule has 94 valence electrons. The Hall–Kier alpha value is -0.960. The minimum absolute atomic E-state index is 0.0161. The average Bonchev–Trinajstić information content (AvgIpc) is 2.30. The Morgan fingerprint density at radius 3 is 2.29 bits per heavy atom. The van der Waals surface area contributed by atoms with Crippen molar-refractivity contribution in [3.63, 3.8) is 0 Å². The fraction of sp³-hybridized carbons (Fsp3) is 0.571. The normalized spacial score (nSPS) is 19.5. The number of piperidine rings is 1. The van der Waals surface area contributed by atoms with Gasteiger partial charge < -0.3 is 5.32 Å². The second-order valence-electron chi connectivity index (χ2n) is 4.99. The first kappa shape index (κ1) is 12.5. The predicted octanol–water partition coefficient (Wildman–Crippen LogP) is 3.27. The number of hydrogen-bond acceptors (Lipinski definition) is 1. The van der Waals surface area contributed by atoms with Gasteiger partial charge in [0.25, 0.3) is 0 Å². The fourth-order valence-corrected chi connectivity index (χ4v) is 2.72. The summed E-state index contributed by atoms with van der Waals surface area (Å²) in [5.41, 5.74) is 1.92. The first-order valence-electron chi connectivity index (χ1n) is 6.18. The summed E-state index contributed by atoms with van der Waals surface area (Å²) < 4.78 is 25.6. The Kier molecular flexibility index (Phi) is 3.77. The van der Waals surface area contributed by atoms with Crippen molar-refractivity contribution in [2.24, 2.45) is 0 Å². The number of benzene rings is 1. The van der Waals surface area contributed by atoms with E-state index in [-0.39, 0.29) is 11.8 Å². The SMILES string of the molecule is Cc1ccc(C2(CC(F)F)CCNCC2)cc1. The summed E-state index contributed by atoms with van der Waals surface area (Å²) in [5, 5.41) is 3.25. The van der Waals surface area contributed by atoms with E-state index in [9.17, 15) is 8.78 Å². The first-order chi connectivity index (χ1) is 8.12. The smallest absolute Gasteiger partial charge is 0.239 e. The number of rotatable bonds is 3. The largest absolute Gasteiger partial charge is 0.317 e. The van der Waals surface area contributed by atoms with Gasteiger partial charge in [0.05, 0.1) is 0 Å². The Morgan fingerprint density at radius 2 is 1.76 bits per heavy atom. The van der Waals surface area contributed by atoms with Gasteiger partial charge in [-0.3, -0.25) is 0 Å². The summed E-state index contributed by atoms with van der Waals surface area (Å²) in [7, 11) is 0. The van der Waals surface area contributed by atoms with Crippen LogP contribution in [0.5, 0.6) is 0 Å². The topological polar surface area (TPSA) is 12.0 Å². The molecule has 1 aliphatic heterocycles. The lowest BCUT2D eigenvalue weighted by atomic mass is 9.71. The number of halogens is 2. The second kappa shape index (κ2) is 5.13. The maximum atomic E-state index is 12.8. The molecule has 0 aromatic heterocycles. The number of nitrogens with one attached hydrogen (secondary N) is 1. The maximum absolute atomic E-state index is 12.8. The summed E-state index contributed by atoms with van der Waals surface area (Å²) >= 11 is 0. The van der Waals surface area contributed by atoms with Crippen LogP contribution >= 0.6 is 0 Å². The fourth-order valence-electron chi connectivity index (χ4n) is 2.72. The minimum atomic E-state index is -2.23. The molecule has 0 spiro atoms. The molecule has 1 aromatic carbocycles. The van der Waals surface area contributed by atoms with E-state index in [0.29, 0.717) is 0 Å². The quantitative estimate of drug-likeness (QED) is 0.853. The molecule has 1 heterocycles. The van der Waals surface area contributed by atoms with Crippen LogP contribution in [0.2, 0.25) is 0 Å². The van der Waals surface area contributed by atoms with Crippen molar-refractivity contribution in [1.82, 2.24) is 5.32 Å². The molecule has 17 heavy (non-hydrogen) atoms. The standard InChI is InChI=1S/C14H19F2N/c1-11-2-4-12(5-3-11)14(10-13(15)16)6-8-17-9-7-14/h2-5,13,17H,6-10H2,1H3. The van der Waals surface area contributed by atoms with Crippen molar-refractivity contribution in [2.45, 2.75) is 38.0 Å². The summed E-state index contributed by atoms with van der Waals surface area (Å²) in [6, 6.07) is 8.07. The molecule has 0 aliphatic carbocycles. The average molecular weight is 239 g/mol. The molecule has 0 radical (unpaired) electrons. The van der Waals surface area contributed by atoms with Gasteiger partial charge in [-0.05, 0) is 38.4 Å². The van der Waals surface area contributed by atoms with Gasteiger partial charge in [-0.25, -0.2) is 8.78 Å². The zero-order valence-corrected chi connectivity index (χ0v) is 10.2. The van der Waals surface area contributed by atoms with Crippen molar-refractivity contribution in [1.29, 1.82) is 0 Å². The molecule has 1 fully saturated rings. The van der Waals surface area contributed by atoms with E-state index in [1.54, 1.807) is 0 Å². The highest BCUT2D eigenvalue weighted by molar-refractivity contribution is 5.29. The monoisotopic (exact) mass is 239 g/mol. The van der Waals surface area contributed by atoms with Crippen LogP contribution in [-0.2, 0) is 5.41 Å². The molecule has 1 aliphatic rings. The third kappa shape index (κ3) is 2.83. The predicted molar refractivity (Wildman–Crippen MR) is 65.6 cm³/mol. The maximum Gasteiger partial charge on any atom is 0.239 e. The molecule has 0 atom stereocenters. The van der Waals surface area contributed by atoms with Gasteiger partial charge in [-0.2, -0.15) is 0 Å². The van der Waals surface area contributed by atoms with Gasteiger partial charge in [0.2, 0.25) is 6.43 Å². The number of aryl methyl sites for hydroxylation is 1. The number of hydrogen-bond donors (Lipinski definition) is 1. The molecule has 3 heteroatoms. The van der Waals surface area contributed by atoms with E-state index < -0.39 is 6.43 Å². The Morgan fingerprint density at radius 1 is 1.18 bits per heavy atom. The van der Waals surface area contributed by atoms with Crippen LogP contribution in [-0.4, -0.2) is 19.5 Å². The van der Waals surface area contributed by atoms with Crippen molar-refractivity contribution in [3.8, 4) is 0 Å². The van der Waals surface area contributed by atoms with E-state index in [2.05, 4.69) is 5.32 Å². The highest BCUT2D eigenvalue weighted by atomic mass is 19.3. The summed E-state index contributed by atoms with van der Waals surface area (Å²) in [5.74, 6) is 0. The van der Waals surface area contributed by atoms with Crippen LogP contribution in [0.15, 0.2) is 24.3 Å². The summed E-state index contributed by atoms with van der Waals surface area (Å²) in [4.78, 5) is 0. The van der Waals surface area contributed by atoms with Crippen LogP contribution in [0.3, 0.4) is 0 Å². The van der Waals surface area contributed by atoms with Crippen LogP contribution < -0.4 is 5.32 Å². The lowest BCUT2D eigenvalue weighted by Gasteiger charge is -2.38. The third-order valence-electron chi connectivity index (χ3n) is 3.77. The van der Waals surface area contributed by atoms with Gasteiger partial charge >= 0.3 is 0 Å². The van der Waals surface area contributed by atoms with Crippen LogP contribution in [0.25, 0.3) is 0 Å². The van der Waals surface area contributed by atoms with Gasteiger partial charge in [-0.15, -0.1) is 0 Å². The molecule has 2 rings (SSSR count). The molecule has 0 saturated carbocycles. The van der Waals surface area contributed by atoms with Gasteiger partial charge in [0, 0.05) is 11.8 Å². The molecule has 0 bridgehead atoms. The van der Waals surface area contributed by atoms with Gasteiger partial charge in [0.1, 0.15) is 0 Å². The van der Waals surface area contributed by atoms with E-state index in [1.165, 1.54) is 5.56 Å². The highest BCUT2D eigenvalue weighted by Crippen LogP contribution is 2.38. The van der Waals surface area contributed by atoms with Gasteiger partial charge in [0.15, 0.2) is 0 Å². The minimum Gasteiger partial charge on any atom is -0.317 e. The van der Waals surface area contributed by atoms with Crippen molar-refractivity contribution in [2.75, 3.05) is 13.1 Å². The summed E-state index contributed by atoms with van der Waals surface area (Å²) in [6.07, 6.45) is -0.632. The zero-order chi connectivity index (χ0) is 12.3. The van der Waals surface area contributed by atoms with Crippen molar-refractivity contribution < 1.29 is 8.78 Å². The van der Waals surface area contributed by atoms with E-state index in [0.717, 1.165) is 31.5 Å². The molecule has 1 aromatic rings. The van der Waals surface area contributed by atoms with E-state index in [1.807, 2.05) is 31.2 Å². The highest BCUT2D eigenvalue weighted by Gasteiger charge is 2.36. The lowest BCUT2D eigenvalue weighted by molar-refractivity contribution is 0.0900. The molecule has 0 unspecified atom stereocenters. The van der Waals surface area contributed by atoms with Crippen molar-refractivity contribution >= 4 is 0 Å². The molecule has 0 amide bonds. The molecular formula is C14H19F2N. The first-order valence-corrected chi connectivity index (χ1v) is 6.18. The number of alkyl halides is 2. The van der Waals surface area contributed by atoms with Gasteiger partial charge in [-0.1, -0.05) is 29.8 Å². The molecular weight excluding hydrogens is 220 g/mol. The second-order valence-corrected chi connectivity index (χ2v) is 4.99. The van der Waals surface area contributed by atoms with Crippen molar-refractivity contribution in [3.05, 3.63) is 35.4 Å². The molecule has 1 N–H and O–H groups in total. The lowest BCUT2D eigenvalue weighted by Crippen LogP contribution is -2.41.